The summed E-state index contributed by atoms with van der Waals surface area (Å²) in [6.07, 6.45) is 3.27. The molecule has 1 aromatic carbocycles. The number of hydrogen-bond donors (Lipinski definition) is 1. The van der Waals surface area contributed by atoms with Gasteiger partial charge in [-0.2, -0.15) is 0 Å². The van der Waals surface area contributed by atoms with Gasteiger partial charge in [-0.3, -0.25) is 4.98 Å². The standard InChI is InChI=1S/C15H8Cl4N4S/c16-8-5-9(17)11(10(18)6-8)15-23-22-13(12(20)14(19)24-15)7-1-3-21-4-2-7/h1-6H,20H2. The lowest BCUT2D eigenvalue weighted by molar-refractivity contribution is 1.22. The Morgan fingerprint density at radius 2 is 1.54 bits per heavy atom. The lowest BCUT2D eigenvalue weighted by Crippen LogP contribution is -2.13. The molecule has 0 saturated heterocycles. The van der Waals surface area contributed by atoms with Crippen molar-refractivity contribution >= 4 is 68.9 Å². The van der Waals surface area contributed by atoms with Crippen molar-refractivity contribution in [3.8, 4) is 0 Å². The largest absolute Gasteiger partial charge is 0.395 e. The van der Waals surface area contributed by atoms with Gasteiger partial charge in [0.2, 0.25) is 0 Å². The average molecular weight is 418 g/mol. The van der Waals surface area contributed by atoms with Gasteiger partial charge in [-0.05, 0) is 24.3 Å². The highest BCUT2D eigenvalue weighted by molar-refractivity contribution is 8.18. The van der Waals surface area contributed by atoms with E-state index in [0.717, 1.165) is 17.3 Å². The molecule has 0 fully saturated rings. The topological polar surface area (TPSA) is 63.6 Å². The number of aromatic nitrogens is 1. The van der Waals surface area contributed by atoms with Crippen molar-refractivity contribution in [3.05, 3.63) is 72.9 Å². The molecular formula is C15H8Cl4N4S. The molecule has 0 unspecified atom stereocenters. The first kappa shape index (κ1) is 17.6. The summed E-state index contributed by atoms with van der Waals surface area (Å²) in [5, 5.41) is 10.0. The van der Waals surface area contributed by atoms with Crippen LogP contribution in [-0.4, -0.2) is 15.7 Å². The first-order chi connectivity index (χ1) is 11.5. The lowest BCUT2D eigenvalue weighted by Gasteiger charge is -2.08. The molecule has 0 bridgehead atoms. The van der Waals surface area contributed by atoms with Gasteiger partial charge in [0.05, 0.1) is 15.7 Å². The monoisotopic (exact) mass is 416 g/mol. The van der Waals surface area contributed by atoms with Crippen LogP contribution < -0.4 is 5.73 Å². The molecule has 2 heterocycles. The minimum Gasteiger partial charge on any atom is -0.395 e. The van der Waals surface area contributed by atoms with E-state index in [-0.39, 0.29) is 0 Å². The van der Waals surface area contributed by atoms with Crippen molar-refractivity contribution in [3.63, 3.8) is 0 Å². The van der Waals surface area contributed by atoms with Crippen LogP contribution in [0.3, 0.4) is 0 Å². The normalized spacial score (nSPS) is 15.0. The van der Waals surface area contributed by atoms with Crippen LogP contribution in [0.4, 0.5) is 0 Å². The van der Waals surface area contributed by atoms with Gasteiger partial charge in [0, 0.05) is 28.5 Å². The molecule has 0 atom stereocenters. The fourth-order valence-electron chi connectivity index (χ4n) is 1.97. The highest BCUT2D eigenvalue weighted by atomic mass is 35.5. The maximum Gasteiger partial charge on any atom is 0.135 e. The summed E-state index contributed by atoms with van der Waals surface area (Å²) in [4.78, 5) is 3.97. The van der Waals surface area contributed by atoms with Crippen molar-refractivity contribution in [1.29, 1.82) is 0 Å². The van der Waals surface area contributed by atoms with Crippen molar-refractivity contribution in [1.82, 2.24) is 4.98 Å². The Morgan fingerprint density at radius 1 is 0.917 bits per heavy atom. The van der Waals surface area contributed by atoms with Gasteiger partial charge in [0.1, 0.15) is 15.1 Å². The number of pyridine rings is 1. The summed E-state index contributed by atoms with van der Waals surface area (Å²) in [6, 6.07) is 6.69. The van der Waals surface area contributed by atoms with Gasteiger partial charge in [0.15, 0.2) is 0 Å². The van der Waals surface area contributed by atoms with E-state index in [0.29, 0.717) is 41.4 Å². The molecule has 0 amide bonds. The van der Waals surface area contributed by atoms with Gasteiger partial charge in [-0.1, -0.05) is 58.2 Å². The van der Waals surface area contributed by atoms with E-state index in [1.807, 2.05) is 0 Å². The van der Waals surface area contributed by atoms with Gasteiger partial charge in [-0.15, -0.1) is 10.2 Å². The van der Waals surface area contributed by atoms with Gasteiger partial charge in [-0.25, -0.2) is 0 Å². The number of nitrogens with zero attached hydrogens (tertiary/aromatic N) is 3. The molecule has 1 aliphatic rings. The molecule has 2 N–H and O–H groups in total. The van der Waals surface area contributed by atoms with E-state index in [9.17, 15) is 0 Å². The van der Waals surface area contributed by atoms with E-state index in [2.05, 4.69) is 15.2 Å². The van der Waals surface area contributed by atoms with Crippen LogP contribution in [0.25, 0.3) is 0 Å². The van der Waals surface area contributed by atoms with Gasteiger partial charge >= 0.3 is 0 Å². The van der Waals surface area contributed by atoms with E-state index < -0.39 is 0 Å². The van der Waals surface area contributed by atoms with Crippen LogP contribution in [0.5, 0.6) is 0 Å². The number of hydrogen-bond acceptors (Lipinski definition) is 5. The summed E-state index contributed by atoms with van der Waals surface area (Å²) < 4.78 is 0.323. The van der Waals surface area contributed by atoms with Crippen molar-refractivity contribution < 1.29 is 0 Å². The predicted molar refractivity (Wildman–Crippen MR) is 103 cm³/mol. The van der Waals surface area contributed by atoms with Crippen molar-refractivity contribution in [2.45, 2.75) is 0 Å². The van der Waals surface area contributed by atoms with Crippen LogP contribution in [0, 0.1) is 0 Å². The zero-order valence-corrected chi connectivity index (χ0v) is 15.6. The molecule has 4 nitrogen and oxygen atoms in total. The average Bonchev–Trinajstić information content (AvgIpc) is 2.67. The maximum atomic E-state index is 6.32. The third-order valence-corrected chi connectivity index (χ3v) is 5.20. The maximum absolute atomic E-state index is 6.32. The molecule has 0 saturated carbocycles. The van der Waals surface area contributed by atoms with E-state index in [4.69, 9.17) is 52.1 Å². The molecule has 0 aliphatic carbocycles. The molecule has 122 valence electrons. The zero-order chi connectivity index (χ0) is 17.3. The molecular weight excluding hydrogens is 410 g/mol. The third-order valence-electron chi connectivity index (χ3n) is 3.07. The summed E-state index contributed by atoms with van der Waals surface area (Å²) >= 11 is 25.9. The summed E-state index contributed by atoms with van der Waals surface area (Å²) in [5.41, 5.74) is 8.12. The molecule has 24 heavy (non-hydrogen) atoms. The van der Waals surface area contributed by atoms with Crippen LogP contribution in [0.15, 0.2) is 56.9 Å². The van der Waals surface area contributed by atoms with Crippen LogP contribution in [-0.2, 0) is 0 Å². The predicted octanol–water partition coefficient (Wildman–Crippen LogP) is 5.31. The summed E-state index contributed by atoms with van der Waals surface area (Å²) in [5.74, 6) is 0. The molecule has 3 rings (SSSR count). The number of halogens is 4. The zero-order valence-electron chi connectivity index (χ0n) is 11.8. The Bertz CT molecular complexity index is 871. The molecule has 2 aromatic rings. The quantitative estimate of drug-likeness (QED) is 0.720. The molecule has 0 radical (unpaired) electrons. The lowest BCUT2D eigenvalue weighted by atomic mass is 10.1. The molecule has 1 aliphatic heterocycles. The van der Waals surface area contributed by atoms with Crippen molar-refractivity contribution in [2.75, 3.05) is 0 Å². The highest BCUT2D eigenvalue weighted by Crippen LogP contribution is 2.37. The Morgan fingerprint density at radius 3 is 2.17 bits per heavy atom. The molecule has 1 aromatic heterocycles. The minimum atomic E-state index is 0.313. The van der Waals surface area contributed by atoms with E-state index in [1.165, 1.54) is 0 Å². The fourth-order valence-corrected chi connectivity index (χ4v) is 4.17. The fraction of sp³-hybridized carbons (Fsp3) is 0. The second kappa shape index (κ2) is 7.33. The van der Waals surface area contributed by atoms with Crippen molar-refractivity contribution in [2.24, 2.45) is 15.9 Å². The SMILES string of the molecule is NC1=C(Cl)SC(c2c(Cl)cc(Cl)cc2Cl)=NN=C1c1ccncc1. The number of thioether (sulfide) groups is 1. The van der Waals surface area contributed by atoms with Crippen LogP contribution >= 0.6 is 58.2 Å². The summed E-state index contributed by atoms with van der Waals surface area (Å²) in [6.45, 7) is 0. The Labute approximate surface area is 162 Å². The highest BCUT2D eigenvalue weighted by Gasteiger charge is 2.22. The van der Waals surface area contributed by atoms with Gasteiger partial charge in [0.25, 0.3) is 0 Å². The Balaban J connectivity index is 2.14. The Hall–Kier alpha value is -1.24. The van der Waals surface area contributed by atoms with Gasteiger partial charge < -0.3 is 5.73 Å². The third kappa shape index (κ3) is 3.55. The first-order valence-electron chi connectivity index (χ1n) is 6.52. The smallest absolute Gasteiger partial charge is 0.135 e. The van der Waals surface area contributed by atoms with Crippen LogP contribution in [0.1, 0.15) is 11.1 Å². The first-order valence-corrected chi connectivity index (χ1v) is 8.84. The van der Waals surface area contributed by atoms with E-state index >= 15 is 0 Å². The number of benzene rings is 1. The second-order valence-corrected chi connectivity index (χ2v) is 7.48. The molecule has 9 heteroatoms. The van der Waals surface area contributed by atoms with E-state index in [1.54, 1.807) is 36.7 Å². The summed E-state index contributed by atoms with van der Waals surface area (Å²) in [7, 11) is 0. The van der Waals surface area contributed by atoms with Crippen LogP contribution in [0.2, 0.25) is 15.1 Å². The number of allylic oxidation sites excluding steroid dienone is 1. The minimum absolute atomic E-state index is 0.313. The Kier molecular flexibility index (Phi) is 5.37. The number of rotatable bonds is 2. The molecule has 0 spiro atoms. The number of nitrogens with two attached hydrogens (primary N) is 1. The second-order valence-electron chi connectivity index (χ2n) is 4.62.